The number of hydrogen-bond acceptors (Lipinski definition) is 4. The smallest absolute Gasteiger partial charge is 0.230 e. The highest BCUT2D eigenvalue weighted by atomic mass is 35.5. The normalized spacial score (nSPS) is 18.6. The van der Waals surface area contributed by atoms with Gasteiger partial charge in [0, 0.05) is 30.4 Å². The van der Waals surface area contributed by atoms with Crippen LogP contribution < -0.4 is 5.32 Å². The lowest BCUT2D eigenvalue weighted by Gasteiger charge is -2.29. The number of amides is 1. The van der Waals surface area contributed by atoms with Crippen molar-refractivity contribution in [2.75, 3.05) is 24.7 Å². The molecule has 0 radical (unpaired) electrons. The van der Waals surface area contributed by atoms with E-state index in [1.54, 1.807) is 16.9 Å². The minimum absolute atomic E-state index is 0.199. The zero-order chi connectivity index (χ0) is 18.7. The molecule has 2 heterocycles. The number of rotatable bonds is 5. The third kappa shape index (κ3) is 4.84. The summed E-state index contributed by atoms with van der Waals surface area (Å²) in [7, 11) is -3.27. The van der Waals surface area contributed by atoms with E-state index in [2.05, 4.69) is 10.4 Å². The van der Waals surface area contributed by atoms with Crippen LogP contribution in [0.25, 0.3) is 0 Å². The SMILES string of the molecule is CS(=O)(=O)N1CCCC(C(=O)Nc2ccn(Cc3ccc(Cl)cc3)n2)C1. The Kier molecular flexibility index (Phi) is 5.64. The van der Waals surface area contributed by atoms with E-state index < -0.39 is 10.0 Å². The lowest BCUT2D eigenvalue weighted by Crippen LogP contribution is -2.43. The molecule has 1 aromatic heterocycles. The number of hydrogen-bond donors (Lipinski definition) is 1. The number of carbonyl (C=O) groups is 1. The number of anilines is 1. The van der Waals surface area contributed by atoms with Crippen LogP contribution in [-0.2, 0) is 21.4 Å². The van der Waals surface area contributed by atoms with Gasteiger partial charge in [-0.25, -0.2) is 12.7 Å². The number of piperidine rings is 1. The molecule has 1 saturated heterocycles. The number of nitrogens with zero attached hydrogens (tertiary/aromatic N) is 3. The molecular weight excluding hydrogens is 376 g/mol. The molecule has 1 fully saturated rings. The molecule has 7 nitrogen and oxygen atoms in total. The van der Waals surface area contributed by atoms with Crippen molar-refractivity contribution in [3.63, 3.8) is 0 Å². The number of halogens is 1. The Hall–Kier alpha value is -1.90. The van der Waals surface area contributed by atoms with Crippen LogP contribution in [0.1, 0.15) is 18.4 Å². The minimum atomic E-state index is -3.27. The fourth-order valence-electron chi connectivity index (χ4n) is 2.98. The molecule has 0 spiro atoms. The van der Waals surface area contributed by atoms with Gasteiger partial charge >= 0.3 is 0 Å². The van der Waals surface area contributed by atoms with Crippen molar-refractivity contribution in [1.82, 2.24) is 14.1 Å². The molecule has 140 valence electrons. The number of aromatic nitrogens is 2. The molecule has 0 bridgehead atoms. The maximum absolute atomic E-state index is 12.4. The van der Waals surface area contributed by atoms with Gasteiger partial charge in [0.1, 0.15) is 0 Å². The fourth-order valence-corrected chi connectivity index (χ4v) is 4.02. The van der Waals surface area contributed by atoms with Crippen molar-refractivity contribution in [2.24, 2.45) is 5.92 Å². The Labute approximate surface area is 158 Å². The highest BCUT2D eigenvalue weighted by Gasteiger charge is 2.30. The zero-order valence-electron chi connectivity index (χ0n) is 14.4. The molecule has 0 aliphatic carbocycles. The molecule has 2 aromatic rings. The van der Waals surface area contributed by atoms with Gasteiger partial charge in [-0.05, 0) is 30.5 Å². The molecule has 9 heteroatoms. The van der Waals surface area contributed by atoms with Gasteiger partial charge in [0.2, 0.25) is 15.9 Å². The first-order valence-corrected chi connectivity index (χ1v) is 10.6. The average molecular weight is 397 g/mol. The summed E-state index contributed by atoms with van der Waals surface area (Å²) in [6, 6.07) is 9.21. The van der Waals surface area contributed by atoms with Crippen LogP contribution in [0.15, 0.2) is 36.5 Å². The van der Waals surface area contributed by atoms with E-state index in [1.165, 1.54) is 10.6 Å². The van der Waals surface area contributed by atoms with Crippen LogP contribution in [0, 0.1) is 5.92 Å². The minimum Gasteiger partial charge on any atom is -0.309 e. The van der Waals surface area contributed by atoms with Crippen LogP contribution in [0.4, 0.5) is 5.82 Å². The molecule has 3 rings (SSSR count). The number of carbonyl (C=O) groups excluding carboxylic acids is 1. The van der Waals surface area contributed by atoms with Crippen molar-refractivity contribution >= 4 is 33.3 Å². The van der Waals surface area contributed by atoms with Crippen molar-refractivity contribution in [2.45, 2.75) is 19.4 Å². The molecule has 1 amide bonds. The first-order valence-electron chi connectivity index (χ1n) is 8.35. The van der Waals surface area contributed by atoms with Crippen molar-refractivity contribution < 1.29 is 13.2 Å². The second kappa shape index (κ2) is 7.77. The van der Waals surface area contributed by atoms with Gasteiger partial charge in [0.05, 0.1) is 18.7 Å². The number of benzene rings is 1. The summed E-state index contributed by atoms with van der Waals surface area (Å²) >= 11 is 5.88. The van der Waals surface area contributed by atoms with Gasteiger partial charge in [-0.3, -0.25) is 9.48 Å². The maximum Gasteiger partial charge on any atom is 0.230 e. The summed E-state index contributed by atoms with van der Waals surface area (Å²) in [5.74, 6) is -0.101. The monoisotopic (exact) mass is 396 g/mol. The standard InChI is InChI=1S/C17H21ClN4O3S/c1-26(24,25)22-9-2-3-14(12-22)17(23)19-16-8-10-21(20-16)11-13-4-6-15(18)7-5-13/h4-8,10,14H,2-3,9,11-12H2,1H3,(H,19,20,23). The quantitative estimate of drug-likeness (QED) is 0.839. The molecule has 1 atom stereocenters. The Balaban J connectivity index is 1.59. The molecule has 0 saturated carbocycles. The summed E-state index contributed by atoms with van der Waals surface area (Å²) in [6.45, 7) is 1.26. The number of sulfonamides is 1. The van der Waals surface area contributed by atoms with Crippen LogP contribution in [0.3, 0.4) is 0 Å². The first kappa shape index (κ1) is 18.9. The van der Waals surface area contributed by atoms with Crippen molar-refractivity contribution in [3.05, 3.63) is 47.1 Å². The molecule has 1 aliphatic heterocycles. The second-order valence-corrected chi connectivity index (χ2v) is 8.89. The van der Waals surface area contributed by atoms with Gasteiger partial charge < -0.3 is 5.32 Å². The predicted octanol–water partition coefficient (Wildman–Crippen LogP) is 2.19. The topological polar surface area (TPSA) is 84.3 Å². The summed E-state index contributed by atoms with van der Waals surface area (Å²) < 4.78 is 26.4. The molecule has 1 aliphatic rings. The zero-order valence-corrected chi connectivity index (χ0v) is 16.0. The highest BCUT2D eigenvalue weighted by molar-refractivity contribution is 7.88. The van der Waals surface area contributed by atoms with Gasteiger partial charge in [-0.1, -0.05) is 23.7 Å². The van der Waals surface area contributed by atoms with E-state index in [9.17, 15) is 13.2 Å². The van der Waals surface area contributed by atoms with Gasteiger partial charge in [-0.15, -0.1) is 0 Å². The predicted molar refractivity (Wildman–Crippen MR) is 101 cm³/mol. The molecule has 26 heavy (non-hydrogen) atoms. The van der Waals surface area contributed by atoms with Crippen LogP contribution in [-0.4, -0.2) is 47.8 Å². The summed E-state index contributed by atoms with van der Waals surface area (Å²) in [5.41, 5.74) is 1.05. The van der Waals surface area contributed by atoms with E-state index in [-0.39, 0.29) is 18.4 Å². The van der Waals surface area contributed by atoms with Crippen molar-refractivity contribution in [1.29, 1.82) is 0 Å². The van der Waals surface area contributed by atoms with Crippen molar-refractivity contribution in [3.8, 4) is 0 Å². The summed E-state index contributed by atoms with van der Waals surface area (Å²) in [4.78, 5) is 12.4. The second-order valence-electron chi connectivity index (χ2n) is 6.47. The Morgan fingerprint density at radius 2 is 2.04 bits per heavy atom. The van der Waals surface area contributed by atoms with Gasteiger partial charge in [-0.2, -0.15) is 5.10 Å². The molecule has 1 N–H and O–H groups in total. The van der Waals surface area contributed by atoms with Crippen LogP contribution in [0.2, 0.25) is 5.02 Å². The highest BCUT2D eigenvalue weighted by Crippen LogP contribution is 2.20. The number of nitrogens with one attached hydrogen (secondary N) is 1. The summed E-state index contributed by atoms with van der Waals surface area (Å²) in [6.07, 6.45) is 4.30. The van der Waals surface area contributed by atoms with E-state index in [0.29, 0.717) is 36.8 Å². The molecule has 1 aromatic carbocycles. The fraction of sp³-hybridized carbons (Fsp3) is 0.412. The molecular formula is C17H21ClN4O3S. The lowest BCUT2D eigenvalue weighted by molar-refractivity contribution is -0.120. The van der Waals surface area contributed by atoms with E-state index in [0.717, 1.165) is 5.56 Å². The Morgan fingerprint density at radius 3 is 2.73 bits per heavy atom. The largest absolute Gasteiger partial charge is 0.309 e. The van der Waals surface area contributed by atoms with E-state index >= 15 is 0 Å². The Morgan fingerprint density at radius 1 is 1.31 bits per heavy atom. The van der Waals surface area contributed by atoms with Gasteiger partial charge in [0.15, 0.2) is 5.82 Å². The van der Waals surface area contributed by atoms with Crippen LogP contribution in [0.5, 0.6) is 0 Å². The maximum atomic E-state index is 12.4. The first-order chi connectivity index (χ1) is 12.3. The average Bonchev–Trinajstić information content (AvgIpc) is 3.03. The van der Waals surface area contributed by atoms with E-state index in [1.807, 2.05) is 24.3 Å². The Bertz CT molecular complexity index is 880. The van der Waals surface area contributed by atoms with Gasteiger partial charge in [0.25, 0.3) is 0 Å². The van der Waals surface area contributed by atoms with Crippen LogP contribution >= 0.6 is 11.6 Å². The molecule has 1 unspecified atom stereocenters. The third-order valence-corrected chi connectivity index (χ3v) is 5.90. The lowest BCUT2D eigenvalue weighted by atomic mass is 9.99. The van der Waals surface area contributed by atoms with E-state index in [4.69, 9.17) is 11.6 Å². The third-order valence-electron chi connectivity index (χ3n) is 4.37. The summed E-state index contributed by atoms with van der Waals surface area (Å²) in [5, 5.41) is 7.81.